The molecule has 1 heterocycles. The molecule has 1 unspecified atom stereocenters. The van der Waals surface area contributed by atoms with E-state index in [1.165, 1.54) is 12.8 Å². The van der Waals surface area contributed by atoms with Crippen molar-refractivity contribution in [2.45, 2.75) is 38.6 Å². The molecule has 1 aliphatic rings. The van der Waals surface area contributed by atoms with Crippen molar-refractivity contribution in [2.75, 3.05) is 5.43 Å². The lowest BCUT2D eigenvalue weighted by molar-refractivity contribution is 0.0928. The Kier molecular flexibility index (Phi) is 4.15. The monoisotopic (exact) mass is 248 g/mol. The average Bonchev–Trinajstić information content (AvgIpc) is 3.21. The number of amides is 1. The van der Waals surface area contributed by atoms with Gasteiger partial charge in [0.05, 0.1) is 0 Å². The fourth-order valence-corrected chi connectivity index (χ4v) is 1.98. The van der Waals surface area contributed by atoms with Gasteiger partial charge in [-0.3, -0.25) is 4.79 Å². The summed E-state index contributed by atoms with van der Waals surface area (Å²) in [5.74, 6) is 6.45. The van der Waals surface area contributed by atoms with Gasteiger partial charge in [0, 0.05) is 6.04 Å². The molecule has 0 bridgehead atoms. The van der Waals surface area contributed by atoms with Gasteiger partial charge in [0.1, 0.15) is 11.5 Å². The summed E-state index contributed by atoms with van der Waals surface area (Å²) in [5, 5.41) is 3.04. The number of hydrazine groups is 1. The molecule has 0 spiro atoms. The van der Waals surface area contributed by atoms with Gasteiger partial charge in [-0.25, -0.2) is 10.8 Å². The van der Waals surface area contributed by atoms with Gasteiger partial charge in [-0.05, 0) is 30.9 Å². The highest BCUT2D eigenvalue weighted by Crippen LogP contribution is 2.34. The maximum Gasteiger partial charge on any atom is 0.270 e. The summed E-state index contributed by atoms with van der Waals surface area (Å²) >= 11 is 0. The number of nitrogens with zero attached hydrogens (tertiary/aromatic N) is 1. The van der Waals surface area contributed by atoms with Crippen LogP contribution in [0.4, 0.5) is 5.82 Å². The lowest BCUT2D eigenvalue weighted by atomic mass is 10.1. The molecule has 1 fully saturated rings. The molecule has 1 aromatic heterocycles. The molecule has 1 saturated carbocycles. The molecule has 0 aliphatic heterocycles. The first-order chi connectivity index (χ1) is 8.72. The summed E-state index contributed by atoms with van der Waals surface area (Å²) in [7, 11) is 0. The topological polar surface area (TPSA) is 80.0 Å². The van der Waals surface area contributed by atoms with Crippen LogP contribution < -0.4 is 16.6 Å². The number of hydrogen-bond acceptors (Lipinski definition) is 4. The number of pyridine rings is 1. The average molecular weight is 248 g/mol. The molecular weight excluding hydrogens is 228 g/mol. The largest absolute Gasteiger partial charge is 0.348 e. The highest BCUT2D eigenvalue weighted by atomic mass is 16.1. The number of rotatable bonds is 6. The third-order valence-electron chi connectivity index (χ3n) is 3.27. The second-order valence-corrected chi connectivity index (χ2v) is 4.81. The number of aromatic nitrogens is 1. The molecule has 1 amide bonds. The van der Waals surface area contributed by atoms with Crippen molar-refractivity contribution in [3.05, 3.63) is 23.9 Å². The minimum atomic E-state index is -0.125. The van der Waals surface area contributed by atoms with Crippen LogP contribution in [0, 0.1) is 5.92 Å². The first-order valence-corrected chi connectivity index (χ1v) is 6.47. The number of carbonyl (C=O) groups is 1. The number of anilines is 1. The van der Waals surface area contributed by atoms with Crippen molar-refractivity contribution < 1.29 is 4.79 Å². The van der Waals surface area contributed by atoms with Crippen LogP contribution in [0.5, 0.6) is 0 Å². The third-order valence-corrected chi connectivity index (χ3v) is 3.27. The van der Waals surface area contributed by atoms with Crippen LogP contribution in [0.15, 0.2) is 18.2 Å². The predicted octanol–water partition coefficient (Wildman–Crippen LogP) is 1.68. The van der Waals surface area contributed by atoms with Gasteiger partial charge in [0.25, 0.3) is 5.91 Å². The van der Waals surface area contributed by atoms with Crippen LogP contribution in [0.2, 0.25) is 0 Å². The molecule has 1 aliphatic carbocycles. The third kappa shape index (κ3) is 3.43. The van der Waals surface area contributed by atoms with Crippen molar-refractivity contribution in [2.24, 2.45) is 11.8 Å². The van der Waals surface area contributed by atoms with Crippen molar-refractivity contribution in [3.8, 4) is 0 Å². The zero-order valence-corrected chi connectivity index (χ0v) is 10.6. The Balaban J connectivity index is 1.96. The zero-order valence-electron chi connectivity index (χ0n) is 10.6. The fraction of sp³-hybridized carbons (Fsp3) is 0.538. The Morgan fingerprint density at radius 1 is 1.56 bits per heavy atom. The summed E-state index contributed by atoms with van der Waals surface area (Å²) in [5.41, 5.74) is 2.84. The molecule has 18 heavy (non-hydrogen) atoms. The number of hydrogen-bond donors (Lipinski definition) is 3. The van der Waals surface area contributed by atoms with Gasteiger partial charge in [-0.1, -0.05) is 25.8 Å². The van der Waals surface area contributed by atoms with Crippen molar-refractivity contribution >= 4 is 11.7 Å². The lowest BCUT2D eigenvalue weighted by Crippen LogP contribution is -2.35. The minimum absolute atomic E-state index is 0.125. The Labute approximate surface area is 107 Å². The standard InChI is InChI=1S/C13H20N4O/c1-2-10(8-9-6-7-9)15-13(18)11-4-3-5-12(16-11)17-14/h3-5,9-10H,2,6-8,14H2,1H3,(H,15,18)(H,16,17). The first kappa shape index (κ1) is 12.8. The van der Waals surface area contributed by atoms with Crippen LogP contribution >= 0.6 is 0 Å². The van der Waals surface area contributed by atoms with E-state index < -0.39 is 0 Å². The number of nitrogen functional groups attached to an aromatic ring is 1. The van der Waals surface area contributed by atoms with Crippen LogP contribution in [-0.4, -0.2) is 16.9 Å². The Hall–Kier alpha value is -1.62. The summed E-state index contributed by atoms with van der Waals surface area (Å²) in [6.45, 7) is 2.10. The number of nitrogens with one attached hydrogen (secondary N) is 2. The van der Waals surface area contributed by atoms with E-state index in [-0.39, 0.29) is 11.9 Å². The van der Waals surface area contributed by atoms with Crippen molar-refractivity contribution in [3.63, 3.8) is 0 Å². The molecular formula is C13H20N4O. The Morgan fingerprint density at radius 2 is 2.33 bits per heavy atom. The van der Waals surface area contributed by atoms with E-state index in [9.17, 15) is 4.79 Å². The molecule has 4 N–H and O–H groups in total. The maximum atomic E-state index is 12.0. The maximum absolute atomic E-state index is 12.0. The van der Waals surface area contributed by atoms with Gasteiger partial charge in [-0.15, -0.1) is 0 Å². The van der Waals surface area contributed by atoms with Gasteiger partial charge in [0.15, 0.2) is 0 Å². The molecule has 0 aromatic carbocycles. The van der Waals surface area contributed by atoms with Crippen molar-refractivity contribution in [1.82, 2.24) is 10.3 Å². The van der Waals surface area contributed by atoms with Gasteiger partial charge < -0.3 is 10.7 Å². The Morgan fingerprint density at radius 3 is 2.94 bits per heavy atom. The predicted molar refractivity (Wildman–Crippen MR) is 70.9 cm³/mol. The molecule has 1 atom stereocenters. The smallest absolute Gasteiger partial charge is 0.270 e. The van der Waals surface area contributed by atoms with Crippen LogP contribution in [-0.2, 0) is 0 Å². The summed E-state index contributed by atoms with van der Waals surface area (Å²) in [4.78, 5) is 16.2. The molecule has 5 heteroatoms. The second-order valence-electron chi connectivity index (χ2n) is 4.81. The van der Waals surface area contributed by atoms with E-state index >= 15 is 0 Å². The molecule has 2 rings (SSSR count). The van der Waals surface area contributed by atoms with E-state index in [1.807, 2.05) is 0 Å². The first-order valence-electron chi connectivity index (χ1n) is 6.47. The zero-order chi connectivity index (χ0) is 13.0. The normalized spacial score (nSPS) is 16.1. The van der Waals surface area contributed by atoms with Gasteiger partial charge in [-0.2, -0.15) is 0 Å². The number of carbonyl (C=O) groups excluding carboxylic acids is 1. The Bertz CT molecular complexity index is 417. The van der Waals surface area contributed by atoms with Crippen LogP contribution in [0.3, 0.4) is 0 Å². The summed E-state index contributed by atoms with van der Waals surface area (Å²) in [6.07, 6.45) is 4.64. The summed E-state index contributed by atoms with van der Waals surface area (Å²) < 4.78 is 0. The van der Waals surface area contributed by atoms with Crippen molar-refractivity contribution in [1.29, 1.82) is 0 Å². The van der Waals surface area contributed by atoms with E-state index in [4.69, 9.17) is 5.84 Å². The van der Waals surface area contributed by atoms with Crippen LogP contribution in [0.25, 0.3) is 0 Å². The van der Waals surface area contributed by atoms with E-state index in [0.29, 0.717) is 11.5 Å². The summed E-state index contributed by atoms with van der Waals surface area (Å²) in [6, 6.07) is 5.43. The van der Waals surface area contributed by atoms with E-state index in [1.54, 1.807) is 18.2 Å². The number of nitrogens with two attached hydrogens (primary N) is 1. The van der Waals surface area contributed by atoms with Gasteiger partial charge in [0.2, 0.25) is 0 Å². The lowest BCUT2D eigenvalue weighted by Gasteiger charge is -2.16. The molecule has 5 nitrogen and oxygen atoms in total. The quantitative estimate of drug-likeness (QED) is 0.528. The molecule has 98 valence electrons. The van der Waals surface area contributed by atoms with E-state index in [0.717, 1.165) is 18.8 Å². The fourth-order valence-electron chi connectivity index (χ4n) is 1.98. The molecule has 1 aromatic rings. The van der Waals surface area contributed by atoms with Crippen LogP contribution in [0.1, 0.15) is 43.1 Å². The molecule has 0 radical (unpaired) electrons. The minimum Gasteiger partial charge on any atom is -0.348 e. The van der Waals surface area contributed by atoms with Gasteiger partial charge >= 0.3 is 0 Å². The molecule has 0 saturated heterocycles. The van der Waals surface area contributed by atoms with E-state index in [2.05, 4.69) is 22.7 Å². The SMILES string of the molecule is CCC(CC1CC1)NC(=O)c1cccc(NN)n1. The highest BCUT2D eigenvalue weighted by molar-refractivity contribution is 5.92. The highest BCUT2D eigenvalue weighted by Gasteiger charge is 2.25. The second kappa shape index (κ2) is 5.82.